The second kappa shape index (κ2) is 9.23. The maximum atomic E-state index is 11.0. The topological polar surface area (TPSA) is 41.5 Å². The summed E-state index contributed by atoms with van der Waals surface area (Å²) in [5, 5.41) is 3.66. The fraction of sp³-hybridized carbons (Fsp3) is 0.800. The quantitative estimate of drug-likeness (QED) is 0.368. The van der Waals surface area contributed by atoms with Crippen molar-refractivity contribution in [3.05, 3.63) is 0 Å². The van der Waals surface area contributed by atoms with E-state index in [1.165, 1.54) is 19.3 Å². The lowest BCUT2D eigenvalue weighted by atomic mass is 10.1. The van der Waals surface area contributed by atoms with Crippen LogP contribution in [0.1, 0.15) is 52.4 Å². The van der Waals surface area contributed by atoms with Gasteiger partial charge in [0.05, 0.1) is 0 Å². The highest BCUT2D eigenvalue weighted by Gasteiger charge is 1.97. The number of amides is 1. The summed E-state index contributed by atoms with van der Waals surface area (Å²) in [6, 6.07) is 0. The molecule has 0 aliphatic rings. The van der Waals surface area contributed by atoms with Crippen molar-refractivity contribution in [2.24, 2.45) is 5.10 Å². The Labute approximate surface area is 80.6 Å². The zero-order chi connectivity index (χ0) is 9.94. The average molecular weight is 184 g/mol. The smallest absolute Gasteiger partial charge is 0.240 e. The van der Waals surface area contributed by atoms with Crippen molar-refractivity contribution in [2.75, 3.05) is 0 Å². The van der Waals surface area contributed by atoms with Gasteiger partial charge in [0.1, 0.15) is 0 Å². The van der Waals surface area contributed by atoms with Gasteiger partial charge in [-0.2, -0.15) is 5.10 Å². The first-order valence-corrected chi connectivity index (χ1v) is 5.07. The summed E-state index contributed by atoms with van der Waals surface area (Å²) in [7, 11) is 0. The predicted molar refractivity (Wildman–Crippen MR) is 55.7 cm³/mol. The summed E-state index contributed by atoms with van der Waals surface area (Å²) in [5.74, 6) is 0.0228. The van der Waals surface area contributed by atoms with Crippen LogP contribution in [-0.4, -0.2) is 12.1 Å². The average Bonchev–Trinajstić information content (AvgIpc) is 2.14. The number of hydrogen-bond acceptors (Lipinski definition) is 2. The van der Waals surface area contributed by atoms with E-state index < -0.39 is 0 Å². The van der Waals surface area contributed by atoms with Gasteiger partial charge in [-0.1, -0.05) is 32.6 Å². The number of carbonyl (C=O) groups excluding carboxylic acids is 1. The summed E-state index contributed by atoms with van der Waals surface area (Å²) in [6.07, 6.45) is 8.06. The molecule has 0 spiro atoms. The molecule has 0 aliphatic carbocycles. The van der Waals surface area contributed by atoms with Crippen molar-refractivity contribution in [1.29, 1.82) is 0 Å². The summed E-state index contributed by atoms with van der Waals surface area (Å²) in [4.78, 5) is 11.0. The first kappa shape index (κ1) is 12.1. The van der Waals surface area contributed by atoms with Crippen LogP contribution in [-0.2, 0) is 4.79 Å². The SMILES string of the molecule is C/C=N/NC(=O)CCCCCCC. The van der Waals surface area contributed by atoms with E-state index in [0.29, 0.717) is 6.42 Å². The number of rotatable bonds is 7. The standard InChI is InChI=1S/C10H20N2O/c1-3-5-6-7-8-9-10(13)12-11-4-2/h4H,3,5-9H2,1-2H3,(H,12,13)/b11-4+. The van der Waals surface area contributed by atoms with Gasteiger partial charge in [-0.25, -0.2) is 5.43 Å². The minimum Gasteiger partial charge on any atom is -0.273 e. The molecule has 3 nitrogen and oxygen atoms in total. The molecule has 0 aromatic rings. The second-order valence-corrected chi connectivity index (χ2v) is 3.09. The van der Waals surface area contributed by atoms with E-state index in [4.69, 9.17) is 0 Å². The van der Waals surface area contributed by atoms with Gasteiger partial charge in [-0.3, -0.25) is 4.79 Å². The lowest BCUT2D eigenvalue weighted by Crippen LogP contribution is -2.16. The lowest BCUT2D eigenvalue weighted by Gasteiger charge is -1.99. The Bertz CT molecular complexity index is 155. The van der Waals surface area contributed by atoms with Crippen LogP contribution in [0, 0.1) is 0 Å². The van der Waals surface area contributed by atoms with E-state index in [0.717, 1.165) is 12.8 Å². The number of nitrogens with one attached hydrogen (secondary N) is 1. The summed E-state index contributed by atoms with van der Waals surface area (Å²) < 4.78 is 0. The van der Waals surface area contributed by atoms with Crippen LogP contribution in [0.15, 0.2) is 5.10 Å². The number of unbranched alkanes of at least 4 members (excludes halogenated alkanes) is 4. The van der Waals surface area contributed by atoms with Crippen molar-refractivity contribution in [2.45, 2.75) is 52.4 Å². The van der Waals surface area contributed by atoms with Gasteiger partial charge in [0.25, 0.3) is 0 Å². The number of hydrogen-bond donors (Lipinski definition) is 1. The molecule has 0 saturated carbocycles. The Morgan fingerprint density at radius 2 is 2.00 bits per heavy atom. The molecule has 0 aromatic heterocycles. The molecule has 1 N–H and O–H groups in total. The normalized spacial score (nSPS) is 10.6. The molecule has 1 amide bonds. The third-order valence-corrected chi connectivity index (χ3v) is 1.83. The monoisotopic (exact) mass is 184 g/mol. The minimum atomic E-state index is 0.0228. The van der Waals surface area contributed by atoms with E-state index in [2.05, 4.69) is 17.5 Å². The summed E-state index contributed by atoms with van der Waals surface area (Å²) in [5.41, 5.74) is 2.45. The number of carbonyl (C=O) groups is 1. The third kappa shape index (κ3) is 9.05. The van der Waals surface area contributed by atoms with Crippen molar-refractivity contribution < 1.29 is 4.79 Å². The van der Waals surface area contributed by atoms with Crippen LogP contribution < -0.4 is 5.43 Å². The fourth-order valence-electron chi connectivity index (χ4n) is 1.08. The first-order chi connectivity index (χ1) is 6.31. The Hall–Kier alpha value is -0.860. The molecule has 0 aromatic carbocycles. The fourth-order valence-corrected chi connectivity index (χ4v) is 1.08. The number of nitrogens with zero attached hydrogens (tertiary/aromatic N) is 1. The Morgan fingerprint density at radius 3 is 2.62 bits per heavy atom. The van der Waals surface area contributed by atoms with Crippen LogP contribution in [0.3, 0.4) is 0 Å². The first-order valence-electron chi connectivity index (χ1n) is 5.07. The maximum absolute atomic E-state index is 11.0. The molecule has 76 valence electrons. The number of hydrazone groups is 1. The van der Waals surface area contributed by atoms with E-state index in [1.54, 1.807) is 13.1 Å². The van der Waals surface area contributed by atoms with Gasteiger partial charge >= 0.3 is 0 Å². The van der Waals surface area contributed by atoms with Crippen molar-refractivity contribution in [3.8, 4) is 0 Å². The maximum Gasteiger partial charge on any atom is 0.240 e. The van der Waals surface area contributed by atoms with Gasteiger partial charge in [-0.15, -0.1) is 0 Å². The van der Waals surface area contributed by atoms with Crippen LogP contribution in [0.2, 0.25) is 0 Å². The zero-order valence-corrected chi connectivity index (χ0v) is 8.68. The van der Waals surface area contributed by atoms with Gasteiger partial charge in [0.2, 0.25) is 5.91 Å². The van der Waals surface area contributed by atoms with Crippen LogP contribution in [0.5, 0.6) is 0 Å². The lowest BCUT2D eigenvalue weighted by molar-refractivity contribution is -0.121. The Morgan fingerprint density at radius 1 is 1.31 bits per heavy atom. The van der Waals surface area contributed by atoms with E-state index in [9.17, 15) is 4.79 Å². The molecule has 0 bridgehead atoms. The minimum absolute atomic E-state index is 0.0228. The molecule has 0 saturated heterocycles. The predicted octanol–water partition coefficient (Wildman–Crippen LogP) is 2.47. The van der Waals surface area contributed by atoms with Gasteiger partial charge in [0.15, 0.2) is 0 Å². The summed E-state index contributed by atoms with van der Waals surface area (Å²) in [6.45, 7) is 3.96. The van der Waals surface area contributed by atoms with Gasteiger partial charge < -0.3 is 0 Å². The van der Waals surface area contributed by atoms with Gasteiger partial charge in [-0.05, 0) is 13.3 Å². The second-order valence-electron chi connectivity index (χ2n) is 3.09. The van der Waals surface area contributed by atoms with Crippen molar-refractivity contribution >= 4 is 12.1 Å². The molecule has 0 atom stereocenters. The van der Waals surface area contributed by atoms with Crippen molar-refractivity contribution in [1.82, 2.24) is 5.43 Å². The van der Waals surface area contributed by atoms with Crippen LogP contribution >= 0.6 is 0 Å². The molecular formula is C10H20N2O. The zero-order valence-electron chi connectivity index (χ0n) is 8.68. The molecule has 0 unspecified atom stereocenters. The molecule has 0 heterocycles. The van der Waals surface area contributed by atoms with E-state index >= 15 is 0 Å². The van der Waals surface area contributed by atoms with Crippen LogP contribution in [0.4, 0.5) is 0 Å². The highest BCUT2D eigenvalue weighted by molar-refractivity contribution is 5.76. The van der Waals surface area contributed by atoms with Gasteiger partial charge in [0, 0.05) is 12.6 Å². The molecule has 0 radical (unpaired) electrons. The molecule has 0 fully saturated rings. The van der Waals surface area contributed by atoms with E-state index in [1.807, 2.05) is 0 Å². The largest absolute Gasteiger partial charge is 0.273 e. The molecule has 13 heavy (non-hydrogen) atoms. The highest BCUT2D eigenvalue weighted by Crippen LogP contribution is 2.04. The summed E-state index contributed by atoms with van der Waals surface area (Å²) >= 11 is 0. The highest BCUT2D eigenvalue weighted by atomic mass is 16.2. The molecule has 0 rings (SSSR count). The van der Waals surface area contributed by atoms with E-state index in [-0.39, 0.29) is 5.91 Å². The Balaban J connectivity index is 3.17. The molecule has 3 heteroatoms. The Kier molecular flexibility index (Phi) is 8.62. The van der Waals surface area contributed by atoms with Crippen LogP contribution in [0.25, 0.3) is 0 Å². The third-order valence-electron chi connectivity index (χ3n) is 1.83. The molecular weight excluding hydrogens is 164 g/mol. The van der Waals surface area contributed by atoms with Crippen molar-refractivity contribution in [3.63, 3.8) is 0 Å². The molecule has 0 aliphatic heterocycles.